The van der Waals surface area contributed by atoms with Gasteiger partial charge in [0.05, 0.1) is 25.5 Å². The summed E-state index contributed by atoms with van der Waals surface area (Å²) in [5, 5.41) is 11.9. The molecular formula is C13H21N5O. The minimum atomic E-state index is 0.576. The fourth-order valence-corrected chi connectivity index (χ4v) is 1.95. The SMILES string of the molecule is COc1nn(C)cc1NCc1ccnn1CC(C)C. The average molecular weight is 263 g/mol. The van der Waals surface area contributed by atoms with Crippen LogP contribution in [0.15, 0.2) is 18.5 Å². The van der Waals surface area contributed by atoms with Crippen LogP contribution in [0.25, 0.3) is 0 Å². The van der Waals surface area contributed by atoms with E-state index >= 15 is 0 Å². The summed E-state index contributed by atoms with van der Waals surface area (Å²) >= 11 is 0. The van der Waals surface area contributed by atoms with E-state index in [4.69, 9.17) is 4.74 Å². The van der Waals surface area contributed by atoms with Gasteiger partial charge in [-0.15, -0.1) is 5.10 Å². The van der Waals surface area contributed by atoms with E-state index in [-0.39, 0.29) is 0 Å². The van der Waals surface area contributed by atoms with Crippen molar-refractivity contribution in [3.8, 4) is 5.88 Å². The molecular weight excluding hydrogens is 242 g/mol. The molecule has 0 saturated carbocycles. The van der Waals surface area contributed by atoms with Gasteiger partial charge in [-0.3, -0.25) is 9.36 Å². The van der Waals surface area contributed by atoms with E-state index in [1.165, 1.54) is 0 Å². The van der Waals surface area contributed by atoms with E-state index in [2.05, 4.69) is 29.4 Å². The van der Waals surface area contributed by atoms with E-state index in [0.29, 0.717) is 18.3 Å². The summed E-state index contributed by atoms with van der Waals surface area (Å²) in [6.07, 6.45) is 3.74. The summed E-state index contributed by atoms with van der Waals surface area (Å²) in [4.78, 5) is 0. The molecule has 1 N–H and O–H groups in total. The molecule has 0 aliphatic carbocycles. The minimum absolute atomic E-state index is 0.576. The van der Waals surface area contributed by atoms with Crippen LogP contribution in [0.4, 0.5) is 5.69 Å². The van der Waals surface area contributed by atoms with Crippen molar-refractivity contribution in [2.45, 2.75) is 26.9 Å². The Morgan fingerprint density at radius 2 is 2.21 bits per heavy atom. The number of nitrogens with one attached hydrogen (secondary N) is 1. The molecule has 104 valence electrons. The zero-order valence-corrected chi connectivity index (χ0v) is 11.9. The van der Waals surface area contributed by atoms with Gasteiger partial charge in [-0.2, -0.15) is 5.10 Å². The highest BCUT2D eigenvalue weighted by Gasteiger charge is 2.09. The molecule has 0 bridgehead atoms. The zero-order chi connectivity index (χ0) is 13.8. The third-order valence-electron chi connectivity index (χ3n) is 2.79. The number of aromatic nitrogens is 4. The number of methoxy groups -OCH3 is 1. The van der Waals surface area contributed by atoms with Crippen molar-refractivity contribution in [3.63, 3.8) is 0 Å². The topological polar surface area (TPSA) is 56.9 Å². The molecule has 2 aromatic rings. The summed E-state index contributed by atoms with van der Waals surface area (Å²) < 4.78 is 8.97. The van der Waals surface area contributed by atoms with Gasteiger partial charge in [0.25, 0.3) is 5.88 Å². The molecule has 2 aromatic heterocycles. The Kier molecular flexibility index (Phi) is 4.09. The van der Waals surface area contributed by atoms with Crippen LogP contribution in [-0.4, -0.2) is 26.7 Å². The lowest BCUT2D eigenvalue weighted by molar-refractivity contribution is 0.393. The van der Waals surface area contributed by atoms with E-state index < -0.39 is 0 Å². The van der Waals surface area contributed by atoms with Gasteiger partial charge < -0.3 is 10.1 Å². The van der Waals surface area contributed by atoms with Crippen molar-refractivity contribution in [1.29, 1.82) is 0 Å². The largest absolute Gasteiger partial charge is 0.478 e. The van der Waals surface area contributed by atoms with Gasteiger partial charge in [0.1, 0.15) is 5.69 Å². The predicted octanol–water partition coefficient (Wildman–Crippen LogP) is 1.89. The van der Waals surface area contributed by atoms with Crippen LogP contribution in [0.1, 0.15) is 19.5 Å². The summed E-state index contributed by atoms with van der Waals surface area (Å²) in [6, 6.07) is 2.03. The van der Waals surface area contributed by atoms with Gasteiger partial charge in [0.2, 0.25) is 0 Å². The molecule has 2 heterocycles. The first kappa shape index (κ1) is 13.5. The van der Waals surface area contributed by atoms with Crippen LogP contribution in [-0.2, 0) is 20.1 Å². The Balaban J connectivity index is 2.04. The third kappa shape index (κ3) is 3.27. The summed E-state index contributed by atoms with van der Waals surface area (Å²) in [6.45, 7) is 6.00. The van der Waals surface area contributed by atoms with Crippen LogP contribution in [0.2, 0.25) is 0 Å². The molecule has 2 rings (SSSR count). The number of hydrogen-bond donors (Lipinski definition) is 1. The first-order chi connectivity index (χ1) is 9.10. The monoisotopic (exact) mass is 263 g/mol. The summed E-state index contributed by atoms with van der Waals surface area (Å²) in [7, 11) is 3.49. The van der Waals surface area contributed by atoms with Crippen LogP contribution < -0.4 is 10.1 Å². The van der Waals surface area contributed by atoms with Crippen molar-refractivity contribution >= 4 is 5.69 Å². The Bertz CT molecular complexity index is 529. The molecule has 0 aliphatic heterocycles. The smallest absolute Gasteiger partial charge is 0.256 e. The Hall–Kier alpha value is -1.98. The number of aryl methyl sites for hydroxylation is 1. The second-order valence-electron chi connectivity index (χ2n) is 4.98. The number of hydrogen-bond acceptors (Lipinski definition) is 4. The first-order valence-electron chi connectivity index (χ1n) is 6.42. The normalized spacial score (nSPS) is 11.0. The average Bonchev–Trinajstić information content (AvgIpc) is 2.92. The van der Waals surface area contributed by atoms with Crippen molar-refractivity contribution in [2.75, 3.05) is 12.4 Å². The molecule has 0 atom stereocenters. The highest BCUT2D eigenvalue weighted by atomic mass is 16.5. The molecule has 6 heteroatoms. The van der Waals surface area contributed by atoms with Gasteiger partial charge in [-0.25, -0.2) is 0 Å². The zero-order valence-electron chi connectivity index (χ0n) is 11.9. The van der Waals surface area contributed by atoms with Crippen molar-refractivity contribution in [3.05, 3.63) is 24.2 Å². The molecule has 0 unspecified atom stereocenters. The van der Waals surface area contributed by atoms with E-state index in [9.17, 15) is 0 Å². The first-order valence-corrected chi connectivity index (χ1v) is 6.42. The third-order valence-corrected chi connectivity index (χ3v) is 2.79. The van der Waals surface area contributed by atoms with Gasteiger partial charge in [-0.05, 0) is 12.0 Å². The van der Waals surface area contributed by atoms with Crippen LogP contribution in [0.5, 0.6) is 5.88 Å². The maximum Gasteiger partial charge on any atom is 0.256 e. The molecule has 0 spiro atoms. The van der Waals surface area contributed by atoms with E-state index in [1.54, 1.807) is 11.8 Å². The highest BCUT2D eigenvalue weighted by molar-refractivity contribution is 5.51. The lowest BCUT2D eigenvalue weighted by atomic mass is 10.2. The fourth-order valence-electron chi connectivity index (χ4n) is 1.95. The Labute approximate surface area is 113 Å². The van der Waals surface area contributed by atoms with Crippen LogP contribution in [0, 0.1) is 5.92 Å². The van der Waals surface area contributed by atoms with Crippen molar-refractivity contribution in [2.24, 2.45) is 13.0 Å². The van der Waals surface area contributed by atoms with E-state index in [0.717, 1.165) is 17.9 Å². The van der Waals surface area contributed by atoms with Crippen molar-refractivity contribution < 1.29 is 4.74 Å². The van der Waals surface area contributed by atoms with Crippen LogP contribution >= 0.6 is 0 Å². The fraction of sp³-hybridized carbons (Fsp3) is 0.538. The number of nitrogens with zero attached hydrogens (tertiary/aromatic N) is 4. The van der Waals surface area contributed by atoms with Gasteiger partial charge in [0, 0.05) is 19.8 Å². The Morgan fingerprint density at radius 1 is 1.42 bits per heavy atom. The second kappa shape index (κ2) is 5.77. The second-order valence-corrected chi connectivity index (χ2v) is 4.98. The van der Waals surface area contributed by atoms with Crippen LogP contribution in [0.3, 0.4) is 0 Å². The minimum Gasteiger partial charge on any atom is -0.478 e. The maximum atomic E-state index is 5.21. The highest BCUT2D eigenvalue weighted by Crippen LogP contribution is 2.21. The predicted molar refractivity (Wildman–Crippen MR) is 74.2 cm³/mol. The maximum absolute atomic E-state index is 5.21. The molecule has 0 amide bonds. The standard InChI is InChI=1S/C13H21N5O/c1-10(2)8-18-11(5-6-15-18)7-14-12-9-17(3)16-13(12)19-4/h5-6,9-10,14H,7-8H2,1-4H3. The molecule has 0 aromatic carbocycles. The molecule has 6 nitrogen and oxygen atoms in total. The Morgan fingerprint density at radius 3 is 2.89 bits per heavy atom. The molecule has 0 saturated heterocycles. The molecule has 0 aliphatic rings. The summed E-state index contributed by atoms with van der Waals surface area (Å²) in [5.41, 5.74) is 2.04. The molecule has 19 heavy (non-hydrogen) atoms. The molecule has 0 fully saturated rings. The quantitative estimate of drug-likeness (QED) is 0.864. The lowest BCUT2D eigenvalue weighted by Gasteiger charge is -2.11. The number of rotatable bonds is 6. The van der Waals surface area contributed by atoms with Gasteiger partial charge in [0.15, 0.2) is 0 Å². The van der Waals surface area contributed by atoms with E-state index in [1.807, 2.05) is 30.2 Å². The van der Waals surface area contributed by atoms with Gasteiger partial charge >= 0.3 is 0 Å². The van der Waals surface area contributed by atoms with Crippen molar-refractivity contribution in [1.82, 2.24) is 19.6 Å². The summed E-state index contributed by atoms with van der Waals surface area (Å²) in [5.74, 6) is 1.18. The molecule has 0 radical (unpaired) electrons. The number of ether oxygens (including phenoxy) is 1. The van der Waals surface area contributed by atoms with Gasteiger partial charge in [-0.1, -0.05) is 13.8 Å². The number of anilines is 1. The lowest BCUT2D eigenvalue weighted by Crippen LogP contribution is -2.12.